The highest BCUT2D eigenvalue weighted by Gasteiger charge is 2.78. The number of hydrogen-bond donors (Lipinski definition) is 0. The summed E-state index contributed by atoms with van der Waals surface area (Å²) in [6.07, 6.45) is -37.0. The summed E-state index contributed by atoms with van der Waals surface area (Å²) in [6.45, 7) is -4.74. The zero-order valence-electron chi connectivity index (χ0n) is 10.4. The van der Waals surface area contributed by atoms with E-state index in [1.807, 2.05) is 4.74 Å². The van der Waals surface area contributed by atoms with E-state index >= 15 is 0 Å². The fraction of sp³-hybridized carbons (Fsp3) is 1.00. The van der Waals surface area contributed by atoms with Crippen LogP contribution in [0.4, 0.5) is 61.5 Å². The normalized spacial score (nSPS) is 15.2. The van der Waals surface area contributed by atoms with E-state index in [9.17, 15) is 61.5 Å². The summed E-state index contributed by atoms with van der Waals surface area (Å²) in [5.74, 6) is 0. The molecule has 2 nitrogen and oxygen atoms in total. The molecule has 0 aliphatic carbocycles. The van der Waals surface area contributed by atoms with Crippen molar-refractivity contribution in [2.45, 2.75) is 44.2 Å². The molecule has 0 saturated carbocycles. The molecular weight excluding hydrogens is 394 g/mol. The van der Waals surface area contributed by atoms with Crippen LogP contribution in [0.3, 0.4) is 0 Å². The summed E-state index contributed by atoms with van der Waals surface area (Å²) in [6, 6.07) is 0. The molecular formula is C8H4F14O2. The Morgan fingerprint density at radius 3 is 1.08 bits per heavy atom. The van der Waals surface area contributed by atoms with Crippen molar-refractivity contribution in [1.82, 2.24) is 0 Å². The van der Waals surface area contributed by atoms with Crippen molar-refractivity contribution in [3.8, 4) is 0 Å². The second kappa shape index (κ2) is 7.05. The van der Waals surface area contributed by atoms with Gasteiger partial charge in [-0.25, -0.2) is 31.1 Å². The average Bonchev–Trinajstić information content (AvgIpc) is 2.22. The van der Waals surface area contributed by atoms with Crippen molar-refractivity contribution in [1.29, 1.82) is 0 Å². The molecule has 0 rings (SSSR count). The van der Waals surface area contributed by atoms with Gasteiger partial charge >= 0.3 is 24.9 Å². The molecule has 0 aromatic rings. The van der Waals surface area contributed by atoms with E-state index in [1.165, 1.54) is 0 Å². The predicted molar refractivity (Wildman–Crippen MR) is 43.5 cm³/mol. The van der Waals surface area contributed by atoms with Crippen molar-refractivity contribution in [3.05, 3.63) is 0 Å². The van der Waals surface area contributed by atoms with Gasteiger partial charge in [0.1, 0.15) is 0 Å². The van der Waals surface area contributed by atoms with Crippen LogP contribution in [0.1, 0.15) is 0 Å². The van der Waals surface area contributed by atoms with Gasteiger partial charge in [-0.05, 0) is 0 Å². The third-order valence-electron chi connectivity index (χ3n) is 2.42. The number of ether oxygens (including phenoxy) is 2. The first-order chi connectivity index (χ1) is 10.5. The van der Waals surface area contributed by atoms with E-state index in [-0.39, 0.29) is 0 Å². The van der Waals surface area contributed by atoms with Gasteiger partial charge in [-0.1, -0.05) is 0 Å². The first-order valence-corrected chi connectivity index (χ1v) is 5.09. The lowest BCUT2D eigenvalue weighted by Crippen LogP contribution is -2.62. The Kier molecular flexibility index (Phi) is 6.74. The van der Waals surface area contributed by atoms with E-state index in [0.29, 0.717) is 0 Å². The lowest BCUT2D eigenvalue weighted by Gasteiger charge is -2.39. The summed E-state index contributed by atoms with van der Waals surface area (Å²) in [4.78, 5) is 0. The second-order valence-corrected chi connectivity index (χ2v) is 3.87. The topological polar surface area (TPSA) is 18.5 Å². The Morgan fingerprint density at radius 1 is 0.500 bits per heavy atom. The Bertz CT molecular complexity index is 386. The molecule has 0 unspecified atom stereocenters. The standard InChI is InChI=1S/C8H4F14O2/c9-1(10)5(2(11)12,3(13)14)6(17,18)24-8(21,22)7(19,20)23-4(15)16/h1-4H. The van der Waals surface area contributed by atoms with E-state index < -0.39 is 49.6 Å². The van der Waals surface area contributed by atoms with Gasteiger partial charge in [-0.3, -0.25) is 4.74 Å². The van der Waals surface area contributed by atoms with Crippen LogP contribution in [0.25, 0.3) is 0 Å². The van der Waals surface area contributed by atoms with Gasteiger partial charge in [0, 0.05) is 0 Å². The summed E-state index contributed by atoms with van der Waals surface area (Å²) in [5, 5.41) is 0. The maximum absolute atomic E-state index is 13.1. The molecule has 24 heavy (non-hydrogen) atoms. The number of hydrogen-bond acceptors (Lipinski definition) is 2. The van der Waals surface area contributed by atoms with Crippen LogP contribution in [0.15, 0.2) is 0 Å². The average molecular weight is 398 g/mol. The highest BCUT2D eigenvalue weighted by atomic mass is 19.3. The lowest BCUT2D eigenvalue weighted by molar-refractivity contribution is -0.523. The van der Waals surface area contributed by atoms with Gasteiger partial charge in [0.25, 0.3) is 19.3 Å². The molecule has 0 atom stereocenters. The largest absolute Gasteiger partial charge is 0.453 e. The van der Waals surface area contributed by atoms with Gasteiger partial charge < -0.3 is 0 Å². The molecule has 0 fully saturated rings. The Labute approximate surface area is 122 Å². The van der Waals surface area contributed by atoms with Crippen molar-refractivity contribution in [3.63, 3.8) is 0 Å². The van der Waals surface area contributed by atoms with Crippen LogP contribution in [-0.4, -0.2) is 44.2 Å². The van der Waals surface area contributed by atoms with Crippen LogP contribution < -0.4 is 0 Å². The Balaban J connectivity index is 5.95. The van der Waals surface area contributed by atoms with Crippen LogP contribution in [-0.2, 0) is 9.47 Å². The van der Waals surface area contributed by atoms with Gasteiger partial charge in [-0.2, -0.15) is 35.1 Å². The molecule has 0 saturated heterocycles. The van der Waals surface area contributed by atoms with Gasteiger partial charge in [0.15, 0.2) is 0 Å². The molecule has 0 bridgehead atoms. The lowest BCUT2D eigenvalue weighted by atomic mass is 9.87. The Morgan fingerprint density at radius 2 is 0.833 bits per heavy atom. The highest BCUT2D eigenvalue weighted by Crippen LogP contribution is 2.54. The first kappa shape index (κ1) is 22.9. The fourth-order valence-electron chi connectivity index (χ4n) is 1.16. The molecule has 0 spiro atoms. The van der Waals surface area contributed by atoms with E-state index in [2.05, 4.69) is 0 Å². The summed E-state index contributed by atoms with van der Waals surface area (Å²) < 4.78 is 177. The van der Waals surface area contributed by atoms with E-state index in [1.54, 1.807) is 4.74 Å². The van der Waals surface area contributed by atoms with E-state index in [0.717, 1.165) is 0 Å². The van der Waals surface area contributed by atoms with Crippen molar-refractivity contribution < 1.29 is 70.9 Å². The molecule has 0 amide bonds. The van der Waals surface area contributed by atoms with Crippen LogP contribution in [0.5, 0.6) is 0 Å². The second-order valence-electron chi connectivity index (χ2n) is 3.87. The molecule has 16 heteroatoms. The van der Waals surface area contributed by atoms with Crippen LogP contribution in [0, 0.1) is 5.41 Å². The minimum Gasteiger partial charge on any atom is -0.251 e. The highest BCUT2D eigenvalue weighted by molar-refractivity contribution is 4.96. The predicted octanol–water partition coefficient (Wildman–Crippen LogP) is 4.80. The van der Waals surface area contributed by atoms with Crippen LogP contribution >= 0.6 is 0 Å². The number of rotatable bonds is 9. The van der Waals surface area contributed by atoms with Gasteiger partial charge in [0.2, 0.25) is 5.41 Å². The molecule has 0 aromatic carbocycles. The zero-order valence-corrected chi connectivity index (χ0v) is 10.4. The molecule has 0 aliphatic rings. The third kappa shape index (κ3) is 3.94. The molecule has 0 aliphatic heterocycles. The first-order valence-electron chi connectivity index (χ1n) is 5.09. The molecule has 146 valence electrons. The zero-order chi connectivity index (χ0) is 19.7. The quantitative estimate of drug-likeness (QED) is 0.520. The summed E-state index contributed by atoms with van der Waals surface area (Å²) >= 11 is 0. The molecule has 0 heterocycles. The smallest absolute Gasteiger partial charge is 0.251 e. The van der Waals surface area contributed by atoms with Gasteiger partial charge in [-0.15, -0.1) is 0 Å². The maximum Gasteiger partial charge on any atom is 0.453 e. The van der Waals surface area contributed by atoms with E-state index in [4.69, 9.17) is 0 Å². The molecule has 0 N–H and O–H groups in total. The SMILES string of the molecule is FC(F)OC(F)(F)C(F)(F)OC(F)(F)C(C(F)F)(C(F)F)C(F)F. The monoisotopic (exact) mass is 398 g/mol. The van der Waals surface area contributed by atoms with Crippen molar-refractivity contribution >= 4 is 0 Å². The minimum atomic E-state index is -7.00. The molecule has 0 aromatic heterocycles. The van der Waals surface area contributed by atoms with Crippen molar-refractivity contribution in [2.24, 2.45) is 5.41 Å². The van der Waals surface area contributed by atoms with Crippen molar-refractivity contribution in [2.75, 3.05) is 0 Å². The maximum atomic E-state index is 13.1. The number of alkyl halides is 14. The summed E-state index contributed by atoms with van der Waals surface area (Å²) in [7, 11) is 0. The number of halogens is 14. The third-order valence-corrected chi connectivity index (χ3v) is 2.42. The Hall–Kier alpha value is -1.06. The van der Waals surface area contributed by atoms with Gasteiger partial charge in [0.05, 0.1) is 0 Å². The molecule has 0 radical (unpaired) electrons. The fourth-order valence-corrected chi connectivity index (χ4v) is 1.16. The minimum absolute atomic E-state index is 1.73. The summed E-state index contributed by atoms with van der Waals surface area (Å²) in [5.41, 5.74) is -6.25. The van der Waals surface area contributed by atoms with Crippen LogP contribution in [0.2, 0.25) is 0 Å².